The second-order valence-corrected chi connectivity index (χ2v) is 11.4. The lowest BCUT2D eigenvalue weighted by Gasteiger charge is -2.29. The van der Waals surface area contributed by atoms with Gasteiger partial charge in [-0.3, -0.25) is 9.69 Å². The number of hydrogen-bond acceptors (Lipinski definition) is 4. The summed E-state index contributed by atoms with van der Waals surface area (Å²) >= 11 is 12.3. The smallest absolute Gasteiger partial charge is 0.336 e. The van der Waals surface area contributed by atoms with Crippen molar-refractivity contribution in [2.75, 3.05) is 19.6 Å². The maximum atomic E-state index is 14.1. The highest BCUT2D eigenvalue weighted by molar-refractivity contribution is 6.42. The zero-order valence-electron chi connectivity index (χ0n) is 22.3. The number of hydrogen-bond donors (Lipinski definition) is 0. The third kappa shape index (κ3) is 6.86. The largest absolute Gasteiger partial charge is 0.416 e. The Hall–Kier alpha value is -2.83. The number of amides is 1. The number of alkyl halides is 6. The van der Waals surface area contributed by atoms with Crippen LogP contribution < -0.4 is 0 Å². The number of fused-ring (bicyclic) bond motifs is 1. The highest BCUT2D eigenvalue weighted by Gasteiger charge is 2.38. The molecular formula is C28H27Cl2F6N5O. The lowest BCUT2D eigenvalue weighted by molar-refractivity contribution is -0.143. The molecule has 5 rings (SSSR count). The normalized spacial score (nSPS) is 18.7. The summed E-state index contributed by atoms with van der Waals surface area (Å²) in [6, 6.07) is 5.43. The van der Waals surface area contributed by atoms with Crippen LogP contribution in [-0.2, 0) is 43.1 Å². The topological polar surface area (TPSA) is 54.3 Å². The SMILES string of the molecule is O=C1C(Cc2ccc(Cl)c(Cl)c2)n2c(nnc2CN2CCCCC2)CCN1Cc1cc(C(F)(F)F)cc(C(F)(F)F)c1. The second kappa shape index (κ2) is 12.0. The Balaban J connectivity index is 1.51. The number of carbonyl (C=O) groups is 1. The van der Waals surface area contributed by atoms with E-state index in [9.17, 15) is 31.1 Å². The number of aromatic nitrogens is 3. The summed E-state index contributed by atoms with van der Waals surface area (Å²) in [6.45, 7) is 1.80. The first-order chi connectivity index (χ1) is 19.8. The molecule has 2 aliphatic heterocycles. The van der Waals surface area contributed by atoms with E-state index in [1.54, 1.807) is 22.8 Å². The predicted molar refractivity (Wildman–Crippen MR) is 144 cm³/mol. The summed E-state index contributed by atoms with van der Waals surface area (Å²) in [6.07, 6.45) is -6.41. The Morgan fingerprint density at radius 3 is 2.07 bits per heavy atom. The molecule has 0 spiro atoms. The molecule has 2 aliphatic rings. The van der Waals surface area contributed by atoms with E-state index in [-0.39, 0.29) is 36.0 Å². The number of benzene rings is 2. The molecule has 3 heterocycles. The van der Waals surface area contributed by atoms with Crippen molar-refractivity contribution in [2.24, 2.45) is 0 Å². The van der Waals surface area contributed by atoms with Crippen molar-refractivity contribution in [3.8, 4) is 0 Å². The first kappa shape index (κ1) is 30.6. The minimum atomic E-state index is -4.99. The van der Waals surface area contributed by atoms with Gasteiger partial charge in [0.1, 0.15) is 17.7 Å². The maximum absolute atomic E-state index is 14.1. The van der Waals surface area contributed by atoms with Crippen LogP contribution in [0.4, 0.5) is 26.3 Å². The first-order valence-corrected chi connectivity index (χ1v) is 14.2. The van der Waals surface area contributed by atoms with Gasteiger partial charge in [-0.05, 0) is 67.4 Å². The Labute approximate surface area is 248 Å². The zero-order valence-corrected chi connectivity index (χ0v) is 23.8. The van der Waals surface area contributed by atoms with E-state index in [1.165, 1.54) is 4.90 Å². The highest BCUT2D eigenvalue weighted by atomic mass is 35.5. The summed E-state index contributed by atoms with van der Waals surface area (Å²) < 4.78 is 82.8. The van der Waals surface area contributed by atoms with Crippen LogP contribution in [0.1, 0.15) is 59.2 Å². The fourth-order valence-electron chi connectivity index (χ4n) is 5.54. The summed E-state index contributed by atoms with van der Waals surface area (Å²) in [5, 5.41) is 9.33. The van der Waals surface area contributed by atoms with Crippen LogP contribution in [0.15, 0.2) is 36.4 Å². The van der Waals surface area contributed by atoms with Crippen molar-refractivity contribution in [3.63, 3.8) is 0 Å². The molecule has 1 amide bonds. The van der Waals surface area contributed by atoms with E-state index in [0.29, 0.717) is 40.9 Å². The molecule has 6 nitrogen and oxygen atoms in total. The minimum absolute atomic E-state index is 0.0378. The average Bonchev–Trinajstić information content (AvgIpc) is 3.27. The Kier molecular flexibility index (Phi) is 8.78. The lowest BCUT2D eigenvalue weighted by Crippen LogP contribution is -2.38. The van der Waals surface area contributed by atoms with E-state index < -0.39 is 42.0 Å². The molecule has 14 heteroatoms. The number of piperidine rings is 1. The molecule has 1 fully saturated rings. The molecule has 1 saturated heterocycles. The van der Waals surface area contributed by atoms with Crippen molar-refractivity contribution in [3.05, 3.63) is 80.3 Å². The number of carbonyl (C=O) groups excluding carboxylic acids is 1. The van der Waals surface area contributed by atoms with Gasteiger partial charge >= 0.3 is 12.4 Å². The van der Waals surface area contributed by atoms with Crippen molar-refractivity contribution in [2.45, 2.75) is 63.6 Å². The molecule has 0 saturated carbocycles. The second-order valence-electron chi connectivity index (χ2n) is 10.6. The minimum Gasteiger partial charge on any atom is -0.336 e. The van der Waals surface area contributed by atoms with Crippen LogP contribution in [0, 0.1) is 0 Å². The molecule has 2 aromatic carbocycles. The molecule has 0 bridgehead atoms. The van der Waals surface area contributed by atoms with Gasteiger partial charge < -0.3 is 9.47 Å². The van der Waals surface area contributed by atoms with Crippen LogP contribution in [0.5, 0.6) is 0 Å². The fraction of sp³-hybridized carbons (Fsp3) is 0.464. The van der Waals surface area contributed by atoms with Crippen molar-refractivity contribution < 1.29 is 31.1 Å². The highest BCUT2D eigenvalue weighted by Crippen LogP contribution is 2.37. The molecule has 1 atom stereocenters. The summed E-state index contributed by atoms with van der Waals surface area (Å²) in [4.78, 5) is 17.6. The van der Waals surface area contributed by atoms with Gasteiger partial charge in [0.15, 0.2) is 0 Å². The maximum Gasteiger partial charge on any atom is 0.416 e. The monoisotopic (exact) mass is 633 g/mol. The van der Waals surface area contributed by atoms with Gasteiger partial charge in [-0.1, -0.05) is 35.7 Å². The molecule has 3 aromatic rings. The molecular weight excluding hydrogens is 607 g/mol. The number of likely N-dealkylation sites (tertiary alicyclic amines) is 1. The molecule has 42 heavy (non-hydrogen) atoms. The first-order valence-electron chi connectivity index (χ1n) is 13.5. The molecule has 226 valence electrons. The third-order valence-electron chi connectivity index (χ3n) is 7.60. The zero-order chi connectivity index (χ0) is 30.2. The Morgan fingerprint density at radius 1 is 0.786 bits per heavy atom. The van der Waals surface area contributed by atoms with Crippen LogP contribution in [0.2, 0.25) is 10.0 Å². The van der Waals surface area contributed by atoms with Crippen molar-refractivity contribution in [1.29, 1.82) is 0 Å². The van der Waals surface area contributed by atoms with Crippen LogP contribution >= 0.6 is 23.2 Å². The van der Waals surface area contributed by atoms with E-state index in [4.69, 9.17) is 23.2 Å². The van der Waals surface area contributed by atoms with E-state index in [0.717, 1.165) is 32.4 Å². The van der Waals surface area contributed by atoms with Crippen molar-refractivity contribution >= 4 is 29.1 Å². The molecule has 0 aliphatic carbocycles. The van der Waals surface area contributed by atoms with E-state index in [2.05, 4.69) is 15.1 Å². The van der Waals surface area contributed by atoms with Gasteiger partial charge in [-0.25, -0.2) is 0 Å². The standard InChI is InChI=1S/C28H27Cl2F6N5O/c29-21-5-4-17(12-22(21)30)13-23-26(42)40(15-18-10-19(27(31,32)33)14-20(11-18)28(34,35)36)9-6-24-37-38-25(41(23)24)16-39-7-2-1-3-8-39/h4-5,10-12,14,23H,1-3,6-9,13,15-16H2. The molecule has 1 aromatic heterocycles. The van der Waals surface area contributed by atoms with Gasteiger partial charge in [0.25, 0.3) is 0 Å². The molecule has 1 unspecified atom stereocenters. The number of nitrogens with zero attached hydrogens (tertiary/aromatic N) is 5. The lowest BCUT2D eigenvalue weighted by atomic mass is 10.0. The van der Waals surface area contributed by atoms with Crippen molar-refractivity contribution in [1.82, 2.24) is 24.6 Å². The van der Waals surface area contributed by atoms with Crippen LogP contribution in [-0.4, -0.2) is 50.1 Å². The third-order valence-corrected chi connectivity index (χ3v) is 8.34. The number of halogens is 8. The van der Waals surface area contributed by atoms with Crippen LogP contribution in [0.25, 0.3) is 0 Å². The summed E-state index contributed by atoms with van der Waals surface area (Å²) in [5.41, 5.74) is -2.46. The van der Waals surface area contributed by atoms with Crippen LogP contribution in [0.3, 0.4) is 0 Å². The quantitative estimate of drug-likeness (QED) is 0.275. The fourth-order valence-corrected chi connectivity index (χ4v) is 5.86. The summed E-state index contributed by atoms with van der Waals surface area (Å²) in [7, 11) is 0. The molecule has 0 radical (unpaired) electrons. The van der Waals surface area contributed by atoms with Gasteiger partial charge in [-0.2, -0.15) is 26.3 Å². The Bertz CT molecular complexity index is 1420. The molecule has 0 N–H and O–H groups in total. The number of rotatable bonds is 6. The average molecular weight is 634 g/mol. The van der Waals surface area contributed by atoms with Gasteiger partial charge in [0.2, 0.25) is 5.91 Å². The van der Waals surface area contributed by atoms with E-state index in [1.807, 2.05) is 0 Å². The van der Waals surface area contributed by atoms with Gasteiger partial charge in [-0.15, -0.1) is 10.2 Å². The van der Waals surface area contributed by atoms with Gasteiger partial charge in [0.05, 0.1) is 27.7 Å². The summed E-state index contributed by atoms with van der Waals surface area (Å²) in [5.74, 6) is 0.624. The van der Waals surface area contributed by atoms with E-state index >= 15 is 0 Å². The Morgan fingerprint density at radius 2 is 1.45 bits per heavy atom. The predicted octanol–water partition coefficient (Wildman–Crippen LogP) is 6.98. The van der Waals surface area contributed by atoms with Gasteiger partial charge in [0, 0.05) is 25.9 Å².